The number of aromatic nitrogens is 1. The molecule has 0 saturated heterocycles. The van der Waals surface area contributed by atoms with Gasteiger partial charge in [-0.25, -0.2) is 0 Å². The third-order valence-corrected chi connectivity index (χ3v) is 14.5. The van der Waals surface area contributed by atoms with Crippen LogP contribution in [0, 0.1) is 0 Å². The molecule has 13 rings (SSSR count). The van der Waals surface area contributed by atoms with E-state index in [1.165, 1.54) is 88.6 Å². The van der Waals surface area contributed by atoms with Crippen LogP contribution < -0.4 is 4.90 Å². The predicted molar refractivity (Wildman–Crippen MR) is 314 cm³/mol. The summed E-state index contributed by atoms with van der Waals surface area (Å²) in [6.45, 7) is 0. The van der Waals surface area contributed by atoms with Crippen molar-refractivity contribution in [3.63, 3.8) is 0 Å². The summed E-state index contributed by atoms with van der Waals surface area (Å²) in [4.78, 5) is 2.36. The van der Waals surface area contributed by atoms with Crippen LogP contribution in [0.25, 0.3) is 105 Å². The zero-order chi connectivity index (χ0) is 49.2. The van der Waals surface area contributed by atoms with Crippen molar-refractivity contribution in [1.29, 1.82) is 0 Å². The van der Waals surface area contributed by atoms with Crippen LogP contribution in [0.5, 0.6) is 0 Å². The van der Waals surface area contributed by atoms with Crippen molar-refractivity contribution in [1.82, 2.24) is 4.57 Å². The minimum Gasteiger partial charge on any atom is -0.311 e. The highest BCUT2D eigenvalue weighted by atomic mass is 15.1. The lowest BCUT2D eigenvalue weighted by molar-refractivity contribution is 1.18. The van der Waals surface area contributed by atoms with E-state index in [0.29, 0.717) is 0 Å². The lowest BCUT2D eigenvalue weighted by Crippen LogP contribution is -2.09. The monoisotopic (exact) mass is 942 g/mol. The molecule has 1 heterocycles. The molecule has 0 atom stereocenters. The van der Waals surface area contributed by atoms with Gasteiger partial charge in [0.25, 0.3) is 0 Å². The summed E-state index contributed by atoms with van der Waals surface area (Å²) < 4.78 is 2.37. The van der Waals surface area contributed by atoms with Gasteiger partial charge in [0.05, 0.1) is 11.0 Å². The van der Waals surface area contributed by atoms with Gasteiger partial charge in [-0.3, -0.25) is 0 Å². The molecule has 0 amide bonds. The summed E-state index contributed by atoms with van der Waals surface area (Å²) in [5.74, 6) is 0. The fourth-order valence-corrected chi connectivity index (χ4v) is 10.8. The molecule has 1 aromatic heterocycles. The molecule has 2 heteroatoms. The normalized spacial score (nSPS) is 11.2. The molecule has 0 unspecified atom stereocenters. The van der Waals surface area contributed by atoms with Crippen LogP contribution in [0.2, 0.25) is 0 Å². The molecule has 13 aromatic rings. The average molecular weight is 943 g/mol. The number of fused-ring (bicyclic) bond motifs is 3. The van der Waals surface area contributed by atoms with E-state index in [1.807, 2.05) is 0 Å². The Kier molecular flexibility index (Phi) is 11.6. The van der Waals surface area contributed by atoms with E-state index in [2.05, 4.69) is 313 Å². The Morgan fingerprint density at radius 1 is 0.189 bits per heavy atom. The molecule has 348 valence electrons. The van der Waals surface area contributed by atoms with Gasteiger partial charge >= 0.3 is 0 Å². The van der Waals surface area contributed by atoms with Gasteiger partial charge in [0, 0.05) is 33.5 Å². The zero-order valence-electron chi connectivity index (χ0n) is 40.8. The first-order valence-electron chi connectivity index (χ1n) is 25.4. The maximum Gasteiger partial charge on any atom is 0.0541 e. The molecule has 0 bridgehead atoms. The Labute approximate surface area is 433 Å². The standard InChI is InChI=1S/C72H50N2/c1-3-17-51(18-4-1)52-31-33-53(34-32-52)54-35-43-59(44-36-54)73(60-45-37-55(38-46-60)56-39-47-62(48-40-56)74-71-29-15-13-27-69(71)70-28-14-16-30-72(70)74)61-49-41-58(42-50-61)64-22-8-10-24-66(64)68-26-12-11-25-67(68)65-23-9-7-21-63(65)57-19-5-2-6-20-57/h1-50H. The van der Waals surface area contributed by atoms with Crippen LogP contribution >= 0.6 is 0 Å². The largest absolute Gasteiger partial charge is 0.311 e. The van der Waals surface area contributed by atoms with E-state index in [-0.39, 0.29) is 0 Å². The quantitative estimate of drug-likeness (QED) is 0.125. The summed E-state index contributed by atoms with van der Waals surface area (Å²) >= 11 is 0. The second-order valence-electron chi connectivity index (χ2n) is 18.8. The fourth-order valence-electron chi connectivity index (χ4n) is 10.8. The van der Waals surface area contributed by atoms with Gasteiger partial charge < -0.3 is 9.47 Å². The van der Waals surface area contributed by atoms with Crippen LogP contribution in [0.4, 0.5) is 17.1 Å². The third kappa shape index (κ3) is 8.35. The first-order valence-corrected chi connectivity index (χ1v) is 25.4. The molecular formula is C72H50N2. The summed E-state index contributed by atoms with van der Waals surface area (Å²) in [6, 6.07) is 110. The average Bonchev–Trinajstić information content (AvgIpc) is 3.84. The zero-order valence-corrected chi connectivity index (χ0v) is 40.8. The Balaban J connectivity index is 0.847. The third-order valence-electron chi connectivity index (χ3n) is 14.5. The molecule has 12 aromatic carbocycles. The SMILES string of the molecule is c1ccc(-c2ccc(-c3ccc(N(c4ccc(-c5ccc(-n6c7ccccc7c7ccccc76)cc5)cc4)c4ccc(-c5ccccc5-c5ccccc5-c5ccccc5-c5ccccc5)cc4)cc3)cc2)cc1. The number of hydrogen-bond acceptors (Lipinski definition) is 1. The van der Waals surface area contributed by atoms with E-state index in [1.54, 1.807) is 0 Å². The maximum absolute atomic E-state index is 2.37. The molecule has 2 nitrogen and oxygen atoms in total. The van der Waals surface area contributed by atoms with Gasteiger partial charge in [0.15, 0.2) is 0 Å². The molecule has 0 aliphatic heterocycles. The summed E-state index contributed by atoms with van der Waals surface area (Å²) in [5.41, 5.74) is 23.5. The van der Waals surface area contributed by atoms with Crippen molar-refractivity contribution in [3.8, 4) is 83.6 Å². The molecule has 0 N–H and O–H groups in total. The Bertz CT molecular complexity index is 4010. The van der Waals surface area contributed by atoms with E-state index in [9.17, 15) is 0 Å². The predicted octanol–water partition coefficient (Wildman–Crippen LogP) is 19.9. The number of hydrogen-bond donors (Lipinski definition) is 0. The van der Waals surface area contributed by atoms with Crippen molar-refractivity contribution in [3.05, 3.63) is 303 Å². The van der Waals surface area contributed by atoms with Crippen molar-refractivity contribution in [2.75, 3.05) is 4.90 Å². The van der Waals surface area contributed by atoms with Gasteiger partial charge in [-0.1, -0.05) is 243 Å². The second-order valence-corrected chi connectivity index (χ2v) is 18.8. The Morgan fingerprint density at radius 2 is 0.446 bits per heavy atom. The van der Waals surface area contributed by atoms with E-state index in [4.69, 9.17) is 0 Å². The molecule has 0 fully saturated rings. The van der Waals surface area contributed by atoms with Crippen LogP contribution in [-0.4, -0.2) is 4.57 Å². The molecule has 74 heavy (non-hydrogen) atoms. The fraction of sp³-hybridized carbons (Fsp3) is 0. The first-order chi connectivity index (χ1) is 36.7. The number of rotatable bonds is 11. The number of para-hydroxylation sites is 2. The van der Waals surface area contributed by atoms with Crippen LogP contribution in [0.1, 0.15) is 0 Å². The van der Waals surface area contributed by atoms with Crippen LogP contribution in [-0.2, 0) is 0 Å². The minimum atomic E-state index is 1.08. The van der Waals surface area contributed by atoms with Crippen molar-refractivity contribution >= 4 is 38.9 Å². The molecular weight excluding hydrogens is 893 g/mol. The lowest BCUT2D eigenvalue weighted by Gasteiger charge is -2.26. The van der Waals surface area contributed by atoms with Crippen molar-refractivity contribution < 1.29 is 0 Å². The van der Waals surface area contributed by atoms with Gasteiger partial charge in [-0.2, -0.15) is 0 Å². The van der Waals surface area contributed by atoms with E-state index >= 15 is 0 Å². The summed E-state index contributed by atoms with van der Waals surface area (Å²) in [5, 5.41) is 2.53. The van der Waals surface area contributed by atoms with Crippen LogP contribution in [0.3, 0.4) is 0 Å². The number of anilines is 3. The van der Waals surface area contributed by atoms with Crippen molar-refractivity contribution in [2.24, 2.45) is 0 Å². The van der Waals surface area contributed by atoms with E-state index in [0.717, 1.165) is 33.9 Å². The van der Waals surface area contributed by atoms with Gasteiger partial charge in [-0.05, 0) is 139 Å². The second kappa shape index (κ2) is 19.4. The number of benzene rings is 12. The maximum atomic E-state index is 2.37. The minimum absolute atomic E-state index is 1.08. The molecule has 0 spiro atoms. The highest BCUT2D eigenvalue weighted by molar-refractivity contribution is 6.09. The van der Waals surface area contributed by atoms with Crippen LogP contribution in [0.15, 0.2) is 303 Å². The van der Waals surface area contributed by atoms with Gasteiger partial charge in [0.1, 0.15) is 0 Å². The Morgan fingerprint density at radius 3 is 0.851 bits per heavy atom. The van der Waals surface area contributed by atoms with Gasteiger partial charge in [-0.15, -0.1) is 0 Å². The summed E-state index contributed by atoms with van der Waals surface area (Å²) in [6.07, 6.45) is 0. The molecule has 0 radical (unpaired) electrons. The lowest BCUT2D eigenvalue weighted by atomic mass is 9.87. The highest BCUT2D eigenvalue weighted by Gasteiger charge is 2.18. The summed E-state index contributed by atoms with van der Waals surface area (Å²) in [7, 11) is 0. The van der Waals surface area contributed by atoms with Gasteiger partial charge in [0.2, 0.25) is 0 Å². The molecule has 0 aliphatic carbocycles. The highest BCUT2D eigenvalue weighted by Crippen LogP contribution is 2.43. The smallest absolute Gasteiger partial charge is 0.0541 e. The molecule has 0 aliphatic rings. The Hall–Kier alpha value is -9.76. The van der Waals surface area contributed by atoms with E-state index < -0.39 is 0 Å². The first kappa shape index (κ1) is 44.2. The molecule has 0 saturated carbocycles. The van der Waals surface area contributed by atoms with Crippen molar-refractivity contribution in [2.45, 2.75) is 0 Å². The number of nitrogens with zero attached hydrogens (tertiary/aromatic N) is 2. The topological polar surface area (TPSA) is 8.17 Å².